The highest BCUT2D eigenvalue weighted by Gasteiger charge is 2.19. The summed E-state index contributed by atoms with van der Waals surface area (Å²) >= 11 is 0. The number of nitrogens with two attached hydrogens (primary N) is 1. The van der Waals surface area contributed by atoms with Gasteiger partial charge in [0.15, 0.2) is 0 Å². The fraction of sp³-hybridized carbons (Fsp3) is 0.333. The summed E-state index contributed by atoms with van der Waals surface area (Å²) in [6.07, 6.45) is 1.79. The van der Waals surface area contributed by atoms with E-state index in [0.717, 1.165) is 28.2 Å². The van der Waals surface area contributed by atoms with Crippen molar-refractivity contribution >= 4 is 11.9 Å². The second kappa shape index (κ2) is 7.80. The second-order valence-electron chi connectivity index (χ2n) is 7.27. The predicted octanol–water partition coefficient (Wildman–Crippen LogP) is 3.48. The summed E-state index contributed by atoms with van der Waals surface area (Å²) in [6, 6.07) is 9.52. The van der Waals surface area contributed by atoms with E-state index in [1.54, 1.807) is 12.3 Å². The van der Waals surface area contributed by atoms with E-state index < -0.39 is 0 Å². The summed E-state index contributed by atoms with van der Waals surface area (Å²) in [5.41, 5.74) is 10.9. The lowest BCUT2D eigenvalue weighted by molar-refractivity contribution is 0.0934. The van der Waals surface area contributed by atoms with Crippen LogP contribution in [0.4, 0.5) is 5.95 Å². The Balaban J connectivity index is 1.83. The number of rotatable bonds is 5. The number of hydrogen-bond donors (Lipinski definition) is 2. The van der Waals surface area contributed by atoms with Crippen LogP contribution in [0.15, 0.2) is 36.5 Å². The molecule has 0 bridgehead atoms. The van der Waals surface area contributed by atoms with E-state index >= 15 is 0 Å². The Morgan fingerprint density at radius 2 is 1.86 bits per heavy atom. The van der Waals surface area contributed by atoms with E-state index in [4.69, 9.17) is 5.73 Å². The van der Waals surface area contributed by atoms with E-state index in [0.29, 0.717) is 0 Å². The fourth-order valence-electron chi connectivity index (χ4n) is 3.14. The van der Waals surface area contributed by atoms with Crippen molar-refractivity contribution in [2.45, 2.75) is 46.6 Å². The molecule has 3 aromatic rings. The standard InChI is InChI=1S/C21H26N6O/c1-12(2)17-10-18(26-21(22)25-17)20(28)24-14(4)16-11-23-27(15(16)5)19-9-7-6-8-13(19)3/h6-12,14H,1-5H3,(H,24,28)(H2,22,25,26). The first-order chi connectivity index (χ1) is 13.3. The Bertz CT molecular complexity index is 1010. The van der Waals surface area contributed by atoms with Gasteiger partial charge in [0, 0.05) is 17.0 Å². The summed E-state index contributed by atoms with van der Waals surface area (Å²) in [7, 11) is 0. The molecule has 3 rings (SSSR count). The van der Waals surface area contributed by atoms with E-state index in [2.05, 4.69) is 20.4 Å². The number of aromatic nitrogens is 4. The van der Waals surface area contributed by atoms with Crippen molar-refractivity contribution in [3.63, 3.8) is 0 Å². The van der Waals surface area contributed by atoms with Gasteiger partial charge in [-0.2, -0.15) is 5.10 Å². The minimum absolute atomic E-state index is 0.104. The maximum absolute atomic E-state index is 12.7. The second-order valence-corrected chi connectivity index (χ2v) is 7.27. The molecule has 1 amide bonds. The number of nitrogens with zero attached hydrogens (tertiary/aromatic N) is 4. The quantitative estimate of drug-likeness (QED) is 0.708. The molecule has 7 nitrogen and oxygen atoms in total. The van der Waals surface area contributed by atoms with Gasteiger partial charge in [-0.05, 0) is 44.4 Å². The molecule has 7 heteroatoms. The topological polar surface area (TPSA) is 98.7 Å². The van der Waals surface area contributed by atoms with Crippen LogP contribution in [0.25, 0.3) is 5.69 Å². The average molecular weight is 378 g/mol. The maximum atomic E-state index is 12.7. The number of para-hydroxylation sites is 1. The molecule has 0 aliphatic heterocycles. The Morgan fingerprint density at radius 3 is 2.54 bits per heavy atom. The highest BCUT2D eigenvalue weighted by Crippen LogP contribution is 2.22. The van der Waals surface area contributed by atoms with E-state index in [9.17, 15) is 4.79 Å². The lowest BCUT2D eigenvalue weighted by Gasteiger charge is -2.15. The normalized spacial score (nSPS) is 12.2. The highest BCUT2D eigenvalue weighted by atomic mass is 16.1. The minimum Gasteiger partial charge on any atom is -0.368 e. The molecule has 0 fully saturated rings. The summed E-state index contributed by atoms with van der Waals surface area (Å²) in [5.74, 6) is -0.0250. The zero-order valence-electron chi connectivity index (χ0n) is 16.9. The third-order valence-electron chi connectivity index (χ3n) is 4.79. The van der Waals surface area contributed by atoms with E-state index in [1.165, 1.54) is 0 Å². The third-order valence-corrected chi connectivity index (χ3v) is 4.79. The van der Waals surface area contributed by atoms with Gasteiger partial charge in [0.05, 0.1) is 17.9 Å². The first kappa shape index (κ1) is 19.5. The zero-order valence-corrected chi connectivity index (χ0v) is 16.9. The summed E-state index contributed by atoms with van der Waals surface area (Å²) in [6.45, 7) is 9.97. The van der Waals surface area contributed by atoms with Crippen LogP contribution in [-0.2, 0) is 0 Å². The number of amides is 1. The summed E-state index contributed by atoms with van der Waals surface area (Å²) in [5, 5.41) is 7.51. The Labute approximate surface area is 165 Å². The number of nitrogen functional groups attached to an aromatic ring is 1. The molecule has 1 atom stereocenters. The van der Waals surface area contributed by atoms with Gasteiger partial charge >= 0.3 is 0 Å². The van der Waals surface area contributed by atoms with Crippen LogP contribution in [0.2, 0.25) is 0 Å². The zero-order chi connectivity index (χ0) is 20.4. The van der Waals surface area contributed by atoms with Crippen molar-refractivity contribution in [3.05, 3.63) is 64.7 Å². The van der Waals surface area contributed by atoms with Crippen molar-refractivity contribution in [1.82, 2.24) is 25.1 Å². The molecular formula is C21H26N6O. The van der Waals surface area contributed by atoms with Gasteiger partial charge < -0.3 is 11.1 Å². The number of anilines is 1. The van der Waals surface area contributed by atoms with E-state index in [-0.39, 0.29) is 29.5 Å². The molecule has 1 unspecified atom stereocenters. The van der Waals surface area contributed by atoms with Gasteiger partial charge in [-0.3, -0.25) is 4.79 Å². The number of hydrogen-bond acceptors (Lipinski definition) is 5. The third kappa shape index (κ3) is 3.88. The van der Waals surface area contributed by atoms with Crippen molar-refractivity contribution in [3.8, 4) is 5.69 Å². The van der Waals surface area contributed by atoms with Crippen molar-refractivity contribution < 1.29 is 4.79 Å². The van der Waals surface area contributed by atoms with Crippen LogP contribution in [0.1, 0.15) is 65.7 Å². The molecule has 1 aromatic carbocycles. The number of nitrogens with one attached hydrogen (secondary N) is 1. The number of carbonyl (C=O) groups is 1. The van der Waals surface area contributed by atoms with Crippen LogP contribution in [0.5, 0.6) is 0 Å². The largest absolute Gasteiger partial charge is 0.368 e. The fourth-order valence-corrected chi connectivity index (χ4v) is 3.14. The SMILES string of the molecule is Cc1ccccc1-n1ncc(C(C)NC(=O)c2cc(C(C)C)nc(N)n2)c1C. The van der Waals surface area contributed by atoms with Crippen LogP contribution >= 0.6 is 0 Å². The molecule has 3 N–H and O–H groups in total. The van der Waals surface area contributed by atoms with Gasteiger partial charge in [-0.15, -0.1) is 0 Å². The first-order valence-electron chi connectivity index (χ1n) is 9.33. The Morgan fingerprint density at radius 1 is 1.14 bits per heavy atom. The number of benzene rings is 1. The predicted molar refractivity (Wildman–Crippen MR) is 109 cm³/mol. The van der Waals surface area contributed by atoms with Gasteiger partial charge in [0.1, 0.15) is 5.69 Å². The van der Waals surface area contributed by atoms with Crippen LogP contribution in [-0.4, -0.2) is 25.7 Å². The number of aryl methyl sites for hydroxylation is 1. The van der Waals surface area contributed by atoms with Gasteiger partial charge in [-0.1, -0.05) is 32.0 Å². The highest BCUT2D eigenvalue weighted by molar-refractivity contribution is 5.92. The lowest BCUT2D eigenvalue weighted by atomic mass is 10.1. The summed E-state index contributed by atoms with van der Waals surface area (Å²) < 4.78 is 1.90. The van der Waals surface area contributed by atoms with Gasteiger partial charge in [0.2, 0.25) is 5.95 Å². The number of carbonyl (C=O) groups excluding carboxylic acids is 1. The van der Waals surface area contributed by atoms with Crippen molar-refractivity contribution in [2.24, 2.45) is 0 Å². The van der Waals surface area contributed by atoms with Crippen LogP contribution in [0, 0.1) is 13.8 Å². The van der Waals surface area contributed by atoms with Crippen LogP contribution < -0.4 is 11.1 Å². The lowest BCUT2D eigenvalue weighted by Crippen LogP contribution is -2.28. The summed E-state index contributed by atoms with van der Waals surface area (Å²) in [4.78, 5) is 21.0. The molecule has 0 saturated heterocycles. The molecule has 0 saturated carbocycles. The molecule has 28 heavy (non-hydrogen) atoms. The first-order valence-corrected chi connectivity index (χ1v) is 9.33. The Hall–Kier alpha value is -3.22. The van der Waals surface area contributed by atoms with Crippen molar-refractivity contribution in [2.75, 3.05) is 5.73 Å². The smallest absolute Gasteiger partial charge is 0.270 e. The molecule has 146 valence electrons. The molecule has 0 aliphatic carbocycles. The molecule has 2 aromatic heterocycles. The maximum Gasteiger partial charge on any atom is 0.270 e. The molecule has 0 aliphatic rings. The van der Waals surface area contributed by atoms with Gasteiger partial charge in [-0.25, -0.2) is 14.6 Å². The van der Waals surface area contributed by atoms with Crippen LogP contribution in [0.3, 0.4) is 0 Å². The monoisotopic (exact) mass is 378 g/mol. The molecule has 0 spiro atoms. The van der Waals surface area contributed by atoms with Gasteiger partial charge in [0.25, 0.3) is 5.91 Å². The molecular weight excluding hydrogens is 352 g/mol. The van der Waals surface area contributed by atoms with E-state index in [1.807, 2.05) is 63.6 Å². The molecule has 0 radical (unpaired) electrons. The Kier molecular flexibility index (Phi) is 5.44. The average Bonchev–Trinajstić information content (AvgIpc) is 3.03. The van der Waals surface area contributed by atoms with Crippen molar-refractivity contribution in [1.29, 1.82) is 0 Å². The minimum atomic E-state index is -0.286. The molecule has 2 heterocycles.